The second-order valence-corrected chi connectivity index (χ2v) is 5.99. The summed E-state index contributed by atoms with van der Waals surface area (Å²) in [5.41, 5.74) is 0. The molecule has 1 aliphatic heterocycles. The maximum Gasteiger partial charge on any atom is 0.229 e. The van der Waals surface area contributed by atoms with E-state index < -0.39 is 0 Å². The number of imide groups is 1. The third-order valence-corrected chi connectivity index (χ3v) is 4.08. The van der Waals surface area contributed by atoms with Crippen molar-refractivity contribution in [1.29, 1.82) is 0 Å². The molecule has 2 amide bonds. The van der Waals surface area contributed by atoms with Gasteiger partial charge in [-0.1, -0.05) is 0 Å². The lowest BCUT2D eigenvalue weighted by Gasteiger charge is -2.26. The molecule has 27 heavy (non-hydrogen) atoms. The average Bonchev–Trinajstić information content (AvgIpc) is 2.62. The molecule has 9 heteroatoms. The zero-order valence-corrected chi connectivity index (χ0v) is 17.9. The summed E-state index contributed by atoms with van der Waals surface area (Å²) in [6.07, 6.45) is 1.50. The highest BCUT2D eigenvalue weighted by Gasteiger charge is 2.25. The minimum atomic E-state index is -0.301. The summed E-state index contributed by atoms with van der Waals surface area (Å²) in [5, 5.41) is 3.14. The summed E-state index contributed by atoms with van der Waals surface area (Å²) in [6, 6.07) is 5.86. The number of piperidine rings is 1. The van der Waals surface area contributed by atoms with Gasteiger partial charge in [0, 0.05) is 40.0 Å². The number of aliphatic imine (C=N–C) groups is 1. The summed E-state index contributed by atoms with van der Waals surface area (Å²) in [4.78, 5) is 30.9. The van der Waals surface area contributed by atoms with E-state index in [1.165, 1.54) is 17.0 Å². The van der Waals surface area contributed by atoms with Crippen LogP contribution in [0.25, 0.3) is 0 Å². The van der Waals surface area contributed by atoms with Crippen LogP contribution in [0, 0.1) is 5.82 Å². The van der Waals surface area contributed by atoms with Gasteiger partial charge in [0.2, 0.25) is 11.8 Å². The molecule has 7 nitrogen and oxygen atoms in total. The second-order valence-electron chi connectivity index (χ2n) is 5.99. The van der Waals surface area contributed by atoms with Crippen molar-refractivity contribution in [2.24, 2.45) is 4.99 Å². The Morgan fingerprint density at radius 3 is 2.48 bits per heavy atom. The molecule has 1 aromatic carbocycles. The number of rotatable bonds is 7. The first kappa shape index (κ1) is 23.1. The molecule has 1 fully saturated rings. The lowest BCUT2D eigenvalue weighted by atomic mass is 10.1. The molecule has 1 aromatic rings. The quantitative estimate of drug-likeness (QED) is 0.273. The number of amides is 2. The SMILES string of the molecule is CN=C(NCCN1C(=O)CCCC1=O)N(C)CCOc1ccc(F)cc1.I. The molecule has 0 radical (unpaired) electrons. The number of nitrogens with one attached hydrogen (secondary N) is 1. The lowest BCUT2D eigenvalue weighted by Crippen LogP contribution is -2.47. The van der Waals surface area contributed by atoms with E-state index in [2.05, 4.69) is 10.3 Å². The van der Waals surface area contributed by atoms with Gasteiger partial charge in [0.25, 0.3) is 0 Å². The number of halogens is 2. The van der Waals surface area contributed by atoms with E-state index in [9.17, 15) is 14.0 Å². The zero-order chi connectivity index (χ0) is 18.9. The summed E-state index contributed by atoms with van der Waals surface area (Å²) >= 11 is 0. The fraction of sp³-hybridized carbons (Fsp3) is 0.500. The zero-order valence-electron chi connectivity index (χ0n) is 15.6. The van der Waals surface area contributed by atoms with E-state index in [1.54, 1.807) is 19.2 Å². The summed E-state index contributed by atoms with van der Waals surface area (Å²) in [6.45, 7) is 1.74. The molecule has 1 saturated heterocycles. The monoisotopic (exact) mass is 492 g/mol. The number of likely N-dealkylation sites (N-methyl/N-ethyl adjacent to an activating group) is 1. The van der Waals surface area contributed by atoms with Crippen LogP contribution < -0.4 is 10.1 Å². The number of ether oxygens (including phenoxy) is 1. The van der Waals surface area contributed by atoms with Gasteiger partial charge in [0.1, 0.15) is 18.2 Å². The van der Waals surface area contributed by atoms with Crippen LogP contribution in [-0.4, -0.2) is 67.9 Å². The molecule has 0 spiro atoms. The van der Waals surface area contributed by atoms with Gasteiger partial charge < -0.3 is 15.0 Å². The Balaban J connectivity index is 0.00000364. The number of benzene rings is 1. The third kappa shape index (κ3) is 7.31. The van der Waals surface area contributed by atoms with Crippen LogP contribution in [0.5, 0.6) is 5.75 Å². The number of nitrogens with zero attached hydrogens (tertiary/aromatic N) is 3. The molecule has 0 atom stereocenters. The van der Waals surface area contributed by atoms with Crippen LogP contribution in [0.4, 0.5) is 4.39 Å². The van der Waals surface area contributed by atoms with E-state index in [-0.39, 0.29) is 41.6 Å². The molecule has 2 rings (SSSR count). The summed E-state index contributed by atoms with van der Waals surface area (Å²) < 4.78 is 18.4. The van der Waals surface area contributed by atoms with Crippen LogP contribution >= 0.6 is 24.0 Å². The summed E-state index contributed by atoms with van der Waals surface area (Å²) in [7, 11) is 3.53. The average molecular weight is 492 g/mol. The number of hydrogen-bond donors (Lipinski definition) is 1. The van der Waals surface area contributed by atoms with Crippen molar-refractivity contribution in [3.8, 4) is 5.75 Å². The first-order valence-electron chi connectivity index (χ1n) is 8.64. The Morgan fingerprint density at radius 1 is 1.26 bits per heavy atom. The van der Waals surface area contributed by atoms with Crippen molar-refractivity contribution < 1.29 is 18.7 Å². The molecule has 150 valence electrons. The van der Waals surface area contributed by atoms with Gasteiger partial charge in [0.15, 0.2) is 5.96 Å². The van der Waals surface area contributed by atoms with Gasteiger partial charge in [-0.25, -0.2) is 4.39 Å². The van der Waals surface area contributed by atoms with Crippen molar-refractivity contribution in [2.45, 2.75) is 19.3 Å². The number of carbonyl (C=O) groups is 2. The number of hydrogen-bond acceptors (Lipinski definition) is 4. The summed E-state index contributed by atoms with van der Waals surface area (Å²) in [5.74, 6) is 0.720. The maximum atomic E-state index is 12.9. The van der Waals surface area contributed by atoms with Crippen LogP contribution in [0.15, 0.2) is 29.3 Å². The molecule has 0 unspecified atom stereocenters. The lowest BCUT2D eigenvalue weighted by molar-refractivity contribution is -0.147. The first-order valence-corrected chi connectivity index (χ1v) is 8.64. The highest BCUT2D eigenvalue weighted by molar-refractivity contribution is 14.0. The van der Waals surface area contributed by atoms with Crippen LogP contribution in [0.2, 0.25) is 0 Å². The van der Waals surface area contributed by atoms with Gasteiger partial charge in [-0.2, -0.15) is 0 Å². The van der Waals surface area contributed by atoms with Gasteiger partial charge in [-0.15, -0.1) is 24.0 Å². The Kier molecular flexibility index (Phi) is 10.0. The molecule has 1 N–H and O–H groups in total. The van der Waals surface area contributed by atoms with E-state index >= 15 is 0 Å². The Labute approximate surface area is 176 Å². The molecular formula is C18H26FIN4O3. The van der Waals surface area contributed by atoms with Crippen LogP contribution in [-0.2, 0) is 9.59 Å². The highest BCUT2D eigenvalue weighted by atomic mass is 127. The van der Waals surface area contributed by atoms with Gasteiger partial charge >= 0.3 is 0 Å². The molecule has 0 aromatic heterocycles. The van der Waals surface area contributed by atoms with E-state index in [4.69, 9.17) is 4.74 Å². The Hall–Kier alpha value is -1.91. The van der Waals surface area contributed by atoms with Crippen molar-refractivity contribution in [3.63, 3.8) is 0 Å². The minimum Gasteiger partial charge on any atom is -0.492 e. The van der Waals surface area contributed by atoms with Crippen molar-refractivity contribution in [1.82, 2.24) is 15.1 Å². The Bertz CT molecular complexity index is 639. The van der Waals surface area contributed by atoms with Crippen molar-refractivity contribution >= 4 is 41.8 Å². The van der Waals surface area contributed by atoms with E-state index in [1.807, 2.05) is 11.9 Å². The third-order valence-electron chi connectivity index (χ3n) is 4.08. The predicted molar refractivity (Wildman–Crippen MR) is 112 cm³/mol. The standard InChI is InChI=1S/C18H25FN4O3.HI/c1-20-18(21-10-11-23-16(24)4-3-5-17(23)25)22(2)12-13-26-15-8-6-14(19)7-9-15;/h6-9H,3-5,10-13H2,1-2H3,(H,20,21);1H. The molecular weight excluding hydrogens is 466 g/mol. The molecule has 1 heterocycles. The molecule has 1 aliphatic rings. The normalized spacial score (nSPS) is 14.6. The topological polar surface area (TPSA) is 74.2 Å². The molecule has 0 bridgehead atoms. The van der Waals surface area contributed by atoms with Crippen molar-refractivity contribution in [3.05, 3.63) is 30.1 Å². The van der Waals surface area contributed by atoms with Crippen molar-refractivity contribution in [2.75, 3.05) is 40.3 Å². The van der Waals surface area contributed by atoms with Gasteiger partial charge in [0.05, 0.1) is 6.54 Å². The molecule has 0 saturated carbocycles. The second kappa shape index (κ2) is 11.7. The van der Waals surface area contributed by atoms with Gasteiger partial charge in [-0.05, 0) is 30.7 Å². The van der Waals surface area contributed by atoms with E-state index in [0.717, 1.165) is 0 Å². The Morgan fingerprint density at radius 2 is 1.89 bits per heavy atom. The first-order chi connectivity index (χ1) is 12.5. The van der Waals surface area contributed by atoms with Crippen LogP contribution in [0.1, 0.15) is 19.3 Å². The smallest absolute Gasteiger partial charge is 0.229 e. The van der Waals surface area contributed by atoms with Crippen LogP contribution in [0.3, 0.4) is 0 Å². The predicted octanol–water partition coefficient (Wildman–Crippen LogP) is 1.87. The maximum absolute atomic E-state index is 12.9. The highest BCUT2D eigenvalue weighted by Crippen LogP contribution is 2.12. The number of guanidine groups is 1. The fourth-order valence-electron chi connectivity index (χ4n) is 2.65. The largest absolute Gasteiger partial charge is 0.492 e. The minimum absolute atomic E-state index is 0. The van der Waals surface area contributed by atoms with Gasteiger partial charge in [-0.3, -0.25) is 19.5 Å². The fourth-order valence-corrected chi connectivity index (χ4v) is 2.65. The number of carbonyl (C=O) groups excluding carboxylic acids is 2. The molecule has 0 aliphatic carbocycles. The number of likely N-dealkylation sites (tertiary alicyclic amines) is 1. The van der Waals surface area contributed by atoms with E-state index in [0.29, 0.717) is 57.2 Å².